The summed E-state index contributed by atoms with van der Waals surface area (Å²) in [7, 11) is 0. The van der Waals surface area contributed by atoms with Crippen molar-refractivity contribution < 1.29 is 9.53 Å². The van der Waals surface area contributed by atoms with Crippen LogP contribution >= 0.6 is 0 Å². The molecule has 2 rings (SSSR count). The summed E-state index contributed by atoms with van der Waals surface area (Å²) in [4.78, 5) is 14.6. The Kier molecular flexibility index (Phi) is 8.12. The van der Waals surface area contributed by atoms with E-state index in [1.165, 1.54) is 5.56 Å². The number of amides is 1. The second-order valence-electron chi connectivity index (χ2n) is 6.35. The van der Waals surface area contributed by atoms with Gasteiger partial charge in [0.15, 0.2) is 0 Å². The summed E-state index contributed by atoms with van der Waals surface area (Å²) in [6.45, 7) is 2.98. The fraction of sp³-hybridized carbons (Fsp3) is 0.632. The number of hydrogen-bond acceptors (Lipinski definition) is 3. The average molecular weight is 318 g/mol. The van der Waals surface area contributed by atoms with E-state index in [2.05, 4.69) is 12.1 Å². The maximum absolute atomic E-state index is 12.6. The number of rotatable bonds is 10. The normalized spacial score (nSPS) is 17.3. The number of hydrogen-bond donors (Lipinski definition) is 1. The Balaban J connectivity index is 1.85. The molecule has 0 bridgehead atoms. The van der Waals surface area contributed by atoms with Crippen LogP contribution in [-0.4, -0.2) is 36.6 Å². The average Bonchev–Trinajstić information content (AvgIpc) is 3.08. The number of carbonyl (C=O) groups excluding carboxylic acids is 1. The zero-order valence-electron chi connectivity index (χ0n) is 14.1. The predicted octanol–water partition coefficient (Wildman–Crippen LogP) is 3.10. The van der Waals surface area contributed by atoms with Crippen LogP contribution in [0.1, 0.15) is 50.5 Å². The van der Waals surface area contributed by atoms with E-state index in [-0.39, 0.29) is 12.0 Å². The van der Waals surface area contributed by atoms with Crippen molar-refractivity contribution >= 4 is 5.91 Å². The third kappa shape index (κ3) is 6.71. The zero-order chi connectivity index (χ0) is 16.3. The van der Waals surface area contributed by atoms with Crippen LogP contribution in [0.4, 0.5) is 0 Å². The SMILES string of the molecule is NCCCCCCC(=O)N(Cc1ccccc1)CC1CCCO1. The van der Waals surface area contributed by atoms with Crippen molar-refractivity contribution in [2.45, 2.75) is 57.6 Å². The maximum atomic E-state index is 12.6. The van der Waals surface area contributed by atoms with Gasteiger partial charge in [-0.05, 0) is 37.8 Å². The lowest BCUT2D eigenvalue weighted by Crippen LogP contribution is -2.36. The predicted molar refractivity (Wildman–Crippen MR) is 93.0 cm³/mol. The first-order chi connectivity index (χ1) is 11.3. The summed E-state index contributed by atoms with van der Waals surface area (Å²) in [5, 5.41) is 0. The lowest BCUT2D eigenvalue weighted by molar-refractivity contribution is -0.133. The van der Waals surface area contributed by atoms with Crippen LogP contribution in [0.25, 0.3) is 0 Å². The van der Waals surface area contributed by atoms with Crippen LogP contribution in [0, 0.1) is 0 Å². The molecule has 2 N–H and O–H groups in total. The van der Waals surface area contributed by atoms with Gasteiger partial charge in [-0.1, -0.05) is 43.2 Å². The van der Waals surface area contributed by atoms with Crippen molar-refractivity contribution in [1.82, 2.24) is 4.90 Å². The van der Waals surface area contributed by atoms with E-state index in [1.54, 1.807) is 0 Å². The van der Waals surface area contributed by atoms with Crippen LogP contribution in [0.5, 0.6) is 0 Å². The number of carbonyl (C=O) groups is 1. The van der Waals surface area contributed by atoms with E-state index in [4.69, 9.17) is 10.5 Å². The second-order valence-corrected chi connectivity index (χ2v) is 6.35. The highest BCUT2D eigenvalue weighted by molar-refractivity contribution is 5.76. The van der Waals surface area contributed by atoms with Crippen molar-refractivity contribution in [3.05, 3.63) is 35.9 Å². The van der Waals surface area contributed by atoms with Gasteiger partial charge in [-0.15, -0.1) is 0 Å². The Bertz CT molecular complexity index is 444. The van der Waals surface area contributed by atoms with Gasteiger partial charge in [-0.3, -0.25) is 4.79 Å². The zero-order valence-corrected chi connectivity index (χ0v) is 14.1. The van der Waals surface area contributed by atoms with Gasteiger partial charge in [0.05, 0.1) is 6.10 Å². The molecular formula is C19H30N2O2. The summed E-state index contributed by atoms with van der Waals surface area (Å²) in [5.74, 6) is 0.247. The van der Waals surface area contributed by atoms with E-state index in [0.717, 1.165) is 58.2 Å². The van der Waals surface area contributed by atoms with E-state index in [1.807, 2.05) is 23.1 Å². The topological polar surface area (TPSA) is 55.6 Å². The van der Waals surface area contributed by atoms with Crippen molar-refractivity contribution in [3.8, 4) is 0 Å². The fourth-order valence-corrected chi connectivity index (χ4v) is 3.02. The molecule has 1 saturated heterocycles. The lowest BCUT2D eigenvalue weighted by atomic mass is 10.1. The molecule has 1 aliphatic rings. The first-order valence-corrected chi connectivity index (χ1v) is 8.93. The molecule has 0 radical (unpaired) electrons. The Labute approximate surface area is 140 Å². The number of unbranched alkanes of at least 4 members (excludes halogenated alkanes) is 3. The van der Waals surface area contributed by atoms with E-state index >= 15 is 0 Å². The Morgan fingerprint density at radius 1 is 1.17 bits per heavy atom. The number of nitrogens with zero attached hydrogens (tertiary/aromatic N) is 1. The van der Waals surface area contributed by atoms with Crippen LogP contribution in [0.15, 0.2) is 30.3 Å². The smallest absolute Gasteiger partial charge is 0.222 e. The van der Waals surface area contributed by atoms with Crippen LogP contribution in [0.3, 0.4) is 0 Å². The van der Waals surface area contributed by atoms with E-state index in [0.29, 0.717) is 13.0 Å². The molecule has 0 spiro atoms. The third-order valence-electron chi connectivity index (χ3n) is 4.36. The number of nitrogens with two attached hydrogens (primary N) is 1. The van der Waals surface area contributed by atoms with E-state index < -0.39 is 0 Å². The second kappa shape index (κ2) is 10.4. The molecule has 1 aromatic carbocycles. The Morgan fingerprint density at radius 3 is 2.65 bits per heavy atom. The molecule has 1 atom stereocenters. The minimum absolute atomic E-state index is 0.208. The van der Waals surface area contributed by atoms with Gasteiger partial charge in [-0.2, -0.15) is 0 Å². The molecular weight excluding hydrogens is 288 g/mol. The minimum Gasteiger partial charge on any atom is -0.376 e. The van der Waals surface area contributed by atoms with Crippen molar-refractivity contribution in [1.29, 1.82) is 0 Å². The molecule has 1 amide bonds. The lowest BCUT2D eigenvalue weighted by Gasteiger charge is -2.26. The standard InChI is InChI=1S/C19H30N2O2/c20-13-7-2-1-6-12-19(22)21(16-18-11-8-14-23-18)15-17-9-4-3-5-10-17/h3-5,9-10,18H,1-2,6-8,11-16,20H2. The van der Waals surface area contributed by atoms with Crippen molar-refractivity contribution in [2.75, 3.05) is 19.7 Å². The molecule has 0 saturated carbocycles. The molecule has 1 aromatic rings. The summed E-state index contributed by atoms with van der Waals surface area (Å²) in [6, 6.07) is 10.2. The van der Waals surface area contributed by atoms with Crippen LogP contribution in [-0.2, 0) is 16.1 Å². The minimum atomic E-state index is 0.208. The molecule has 4 nitrogen and oxygen atoms in total. The highest BCUT2D eigenvalue weighted by Crippen LogP contribution is 2.16. The summed E-state index contributed by atoms with van der Waals surface area (Å²) >= 11 is 0. The molecule has 1 aliphatic heterocycles. The van der Waals surface area contributed by atoms with Gasteiger partial charge < -0.3 is 15.4 Å². The molecule has 1 heterocycles. The van der Waals surface area contributed by atoms with E-state index in [9.17, 15) is 4.79 Å². The molecule has 128 valence electrons. The first kappa shape index (κ1) is 18.0. The van der Waals surface area contributed by atoms with Gasteiger partial charge in [-0.25, -0.2) is 0 Å². The summed E-state index contributed by atoms with van der Waals surface area (Å²) in [5.41, 5.74) is 6.69. The van der Waals surface area contributed by atoms with Crippen LogP contribution < -0.4 is 5.73 Å². The van der Waals surface area contributed by atoms with Gasteiger partial charge in [0.1, 0.15) is 0 Å². The van der Waals surface area contributed by atoms with Gasteiger partial charge in [0, 0.05) is 26.1 Å². The van der Waals surface area contributed by atoms with Crippen molar-refractivity contribution in [2.24, 2.45) is 5.73 Å². The van der Waals surface area contributed by atoms with Crippen molar-refractivity contribution in [3.63, 3.8) is 0 Å². The molecule has 4 heteroatoms. The van der Waals surface area contributed by atoms with Crippen LogP contribution in [0.2, 0.25) is 0 Å². The summed E-state index contributed by atoms with van der Waals surface area (Å²) < 4.78 is 5.72. The molecule has 0 aliphatic carbocycles. The highest BCUT2D eigenvalue weighted by atomic mass is 16.5. The molecule has 0 aromatic heterocycles. The molecule has 1 fully saturated rings. The quantitative estimate of drug-likeness (QED) is 0.674. The van der Waals surface area contributed by atoms with Gasteiger partial charge in [0.2, 0.25) is 5.91 Å². The monoisotopic (exact) mass is 318 g/mol. The highest BCUT2D eigenvalue weighted by Gasteiger charge is 2.22. The number of benzene rings is 1. The number of ether oxygens (including phenoxy) is 1. The fourth-order valence-electron chi connectivity index (χ4n) is 3.02. The first-order valence-electron chi connectivity index (χ1n) is 8.93. The summed E-state index contributed by atoms with van der Waals surface area (Å²) in [6.07, 6.45) is 7.22. The largest absolute Gasteiger partial charge is 0.376 e. The molecule has 1 unspecified atom stereocenters. The Morgan fingerprint density at radius 2 is 1.96 bits per heavy atom. The maximum Gasteiger partial charge on any atom is 0.222 e. The molecule has 23 heavy (non-hydrogen) atoms. The third-order valence-corrected chi connectivity index (χ3v) is 4.36. The van der Waals surface area contributed by atoms with Gasteiger partial charge >= 0.3 is 0 Å². The Hall–Kier alpha value is -1.39. The van der Waals surface area contributed by atoms with Gasteiger partial charge in [0.25, 0.3) is 0 Å².